The van der Waals surface area contributed by atoms with E-state index in [-0.39, 0.29) is 0 Å². The minimum absolute atomic E-state index is 0.932. The molecule has 53 heavy (non-hydrogen) atoms. The van der Waals surface area contributed by atoms with Gasteiger partial charge in [-0.3, -0.25) is 0 Å². The Kier molecular flexibility index (Phi) is 46.8. The van der Waals surface area contributed by atoms with Crippen molar-refractivity contribution in [1.82, 2.24) is 0 Å². The van der Waals surface area contributed by atoms with Crippen LogP contribution in [0, 0.1) is 0 Å². The highest BCUT2D eigenvalue weighted by atomic mass is 16.5. The Hall–Kier alpha value is -0.720. The van der Waals surface area contributed by atoms with Gasteiger partial charge in [-0.25, -0.2) is 0 Å². The van der Waals surface area contributed by atoms with Crippen LogP contribution in [0.15, 0.2) is 24.7 Å². The molecule has 0 aliphatic heterocycles. The van der Waals surface area contributed by atoms with E-state index in [0.717, 1.165) is 24.4 Å². The van der Waals surface area contributed by atoms with E-state index in [1.165, 1.54) is 283 Å². The van der Waals surface area contributed by atoms with Crippen LogP contribution >= 0.6 is 0 Å². The molecule has 0 amide bonds. The first-order chi connectivity index (χ1) is 26.2. The maximum absolute atomic E-state index is 5.96. The van der Waals surface area contributed by atoms with Gasteiger partial charge < -0.3 is 4.74 Å². The van der Waals surface area contributed by atoms with Crippen LogP contribution in [0.4, 0.5) is 0 Å². The molecule has 0 N–H and O–H groups in total. The number of hydrogen-bond donors (Lipinski definition) is 0. The molecule has 0 radical (unpaired) electrons. The first-order valence-corrected chi connectivity index (χ1v) is 25.2. The maximum atomic E-state index is 5.96. The number of ether oxygens (including phenoxy) is 1. The third-order valence-corrected chi connectivity index (χ3v) is 11.9. The zero-order valence-corrected chi connectivity index (χ0v) is 37.3. The molecule has 316 valence electrons. The van der Waals surface area contributed by atoms with Gasteiger partial charge in [0.25, 0.3) is 0 Å². The molecule has 1 heteroatoms. The summed E-state index contributed by atoms with van der Waals surface area (Å²) in [5.41, 5.74) is 0. The van der Waals surface area contributed by atoms with Crippen molar-refractivity contribution in [3.8, 4) is 0 Å². The summed E-state index contributed by atoms with van der Waals surface area (Å²) in [6.45, 7) is 13.0. The lowest BCUT2D eigenvalue weighted by atomic mass is 10.0. The third kappa shape index (κ3) is 47.4. The van der Waals surface area contributed by atoms with E-state index in [1.54, 1.807) is 0 Å². The average Bonchev–Trinajstić information content (AvgIpc) is 3.15. The van der Waals surface area contributed by atoms with Crippen LogP contribution in [0.3, 0.4) is 0 Å². The Bertz CT molecular complexity index is 635. The second kappa shape index (κ2) is 47.4. The van der Waals surface area contributed by atoms with Crippen LogP contribution in [0.25, 0.3) is 0 Å². The topological polar surface area (TPSA) is 9.23 Å². The molecule has 0 bridgehead atoms. The van der Waals surface area contributed by atoms with Crippen LogP contribution < -0.4 is 0 Å². The second-order valence-electron chi connectivity index (χ2n) is 17.5. The molecule has 0 saturated carbocycles. The molecule has 0 aromatic heterocycles. The van der Waals surface area contributed by atoms with Crippen molar-refractivity contribution < 1.29 is 4.74 Å². The standard InChI is InChI=1S/C52H102O/c1-5-7-9-11-13-15-17-19-21-23-25-27-29-31-33-35-37-39-41-43-45-47-49-51(3)53-52(4)50-48-46-44-42-40-38-36-34-32-30-28-26-24-22-20-18-16-14-12-10-8-6-2/h3-50H2,1-2H3. The normalized spacial score (nSPS) is 11.4. The summed E-state index contributed by atoms with van der Waals surface area (Å²) in [6.07, 6.45) is 65.1. The molecular formula is C52H102O. The zero-order valence-electron chi connectivity index (χ0n) is 37.3. The first kappa shape index (κ1) is 52.3. The monoisotopic (exact) mass is 743 g/mol. The summed E-state index contributed by atoms with van der Waals surface area (Å²) in [5.74, 6) is 1.86. The molecule has 0 saturated heterocycles. The molecule has 0 spiro atoms. The van der Waals surface area contributed by atoms with E-state index in [0.29, 0.717) is 0 Å². The third-order valence-electron chi connectivity index (χ3n) is 11.9. The SMILES string of the molecule is C=C(CCCCCCCCCCCCCCCCCCCCCCCC)OC(=C)CCCCCCCCCCCCCCCCCCCCCCCC. The molecule has 0 aliphatic carbocycles. The quantitative estimate of drug-likeness (QED) is 0.0445. The molecule has 0 atom stereocenters. The fraction of sp³-hybridized carbons (Fsp3) is 0.923. The molecule has 0 aromatic carbocycles. The molecule has 0 unspecified atom stereocenters. The first-order valence-electron chi connectivity index (χ1n) is 25.2. The summed E-state index contributed by atoms with van der Waals surface area (Å²) >= 11 is 0. The Labute approximate surface area is 337 Å². The summed E-state index contributed by atoms with van der Waals surface area (Å²) in [6, 6.07) is 0. The lowest BCUT2D eigenvalue weighted by Crippen LogP contribution is -1.93. The van der Waals surface area contributed by atoms with E-state index in [9.17, 15) is 0 Å². The molecular weight excluding hydrogens is 641 g/mol. The van der Waals surface area contributed by atoms with Crippen molar-refractivity contribution in [3.63, 3.8) is 0 Å². The highest BCUT2D eigenvalue weighted by Crippen LogP contribution is 2.20. The number of unbranched alkanes of at least 4 members (excludes halogenated alkanes) is 42. The fourth-order valence-corrected chi connectivity index (χ4v) is 8.17. The van der Waals surface area contributed by atoms with Crippen LogP contribution in [0.5, 0.6) is 0 Å². The van der Waals surface area contributed by atoms with Gasteiger partial charge in [0.15, 0.2) is 0 Å². The number of hydrogen-bond acceptors (Lipinski definition) is 1. The molecule has 0 aromatic rings. The van der Waals surface area contributed by atoms with Crippen LogP contribution in [-0.2, 0) is 4.74 Å². The molecule has 0 rings (SSSR count). The van der Waals surface area contributed by atoms with Crippen molar-refractivity contribution in [2.45, 2.75) is 309 Å². The zero-order chi connectivity index (χ0) is 38.4. The summed E-state index contributed by atoms with van der Waals surface area (Å²) in [4.78, 5) is 0. The summed E-state index contributed by atoms with van der Waals surface area (Å²) < 4.78 is 5.96. The molecule has 1 nitrogen and oxygen atoms in total. The van der Waals surface area contributed by atoms with E-state index in [2.05, 4.69) is 27.0 Å². The van der Waals surface area contributed by atoms with Crippen molar-refractivity contribution in [3.05, 3.63) is 24.7 Å². The minimum atomic E-state index is 0.932. The predicted octanol–water partition coefficient (Wildman–Crippen LogP) is 20.0. The number of rotatable bonds is 48. The van der Waals surface area contributed by atoms with Gasteiger partial charge in [-0.1, -0.05) is 297 Å². The lowest BCUT2D eigenvalue weighted by molar-refractivity contribution is 0.274. The highest BCUT2D eigenvalue weighted by Gasteiger charge is 2.02. The van der Waals surface area contributed by atoms with Gasteiger partial charge in [0.2, 0.25) is 0 Å². The van der Waals surface area contributed by atoms with Gasteiger partial charge >= 0.3 is 0 Å². The van der Waals surface area contributed by atoms with Crippen LogP contribution in [0.1, 0.15) is 309 Å². The Morgan fingerprint density at radius 1 is 0.226 bits per heavy atom. The van der Waals surface area contributed by atoms with Crippen molar-refractivity contribution in [2.24, 2.45) is 0 Å². The van der Waals surface area contributed by atoms with Gasteiger partial charge in [0.05, 0.1) is 11.5 Å². The second-order valence-corrected chi connectivity index (χ2v) is 17.5. The largest absolute Gasteiger partial charge is 0.467 e. The lowest BCUT2D eigenvalue weighted by Gasteiger charge is -2.11. The fourth-order valence-electron chi connectivity index (χ4n) is 8.17. The van der Waals surface area contributed by atoms with Crippen LogP contribution in [-0.4, -0.2) is 0 Å². The van der Waals surface area contributed by atoms with E-state index in [1.807, 2.05) is 0 Å². The highest BCUT2D eigenvalue weighted by molar-refractivity contribution is 4.93. The Balaban J connectivity index is 3.24. The Morgan fingerprint density at radius 3 is 0.509 bits per heavy atom. The van der Waals surface area contributed by atoms with Gasteiger partial charge in [-0.15, -0.1) is 0 Å². The Morgan fingerprint density at radius 2 is 0.358 bits per heavy atom. The van der Waals surface area contributed by atoms with Crippen LogP contribution in [0.2, 0.25) is 0 Å². The molecule has 0 aliphatic rings. The van der Waals surface area contributed by atoms with Crippen molar-refractivity contribution in [1.29, 1.82) is 0 Å². The molecule has 0 fully saturated rings. The van der Waals surface area contributed by atoms with Gasteiger partial charge in [-0.05, 0) is 12.8 Å². The summed E-state index contributed by atoms with van der Waals surface area (Å²) in [5, 5.41) is 0. The minimum Gasteiger partial charge on any atom is -0.467 e. The average molecular weight is 743 g/mol. The van der Waals surface area contributed by atoms with E-state index in [4.69, 9.17) is 4.74 Å². The number of allylic oxidation sites excluding steroid dienone is 2. The van der Waals surface area contributed by atoms with E-state index < -0.39 is 0 Å². The van der Waals surface area contributed by atoms with Gasteiger partial charge in [0.1, 0.15) is 0 Å². The molecule has 0 heterocycles. The van der Waals surface area contributed by atoms with Gasteiger partial charge in [-0.2, -0.15) is 0 Å². The predicted molar refractivity (Wildman–Crippen MR) is 243 cm³/mol. The van der Waals surface area contributed by atoms with E-state index >= 15 is 0 Å². The smallest absolute Gasteiger partial charge is 0.0964 e. The van der Waals surface area contributed by atoms with Crippen molar-refractivity contribution >= 4 is 0 Å². The maximum Gasteiger partial charge on any atom is 0.0964 e. The van der Waals surface area contributed by atoms with Crippen molar-refractivity contribution in [2.75, 3.05) is 0 Å². The van der Waals surface area contributed by atoms with Gasteiger partial charge in [0, 0.05) is 12.8 Å². The summed E-state index contributed by atoms with van der Waals surface area (Å²) in [7, 11) is 0.